The fourth-order valence-corrected chi connectivity index (χ4v) is 4.98. The molecular weight excluding hydrogens is 362 g/mol. The molecule has 0 radical (unpaired) electrons. The van der Waals surface area contributed by atoms with E-state index >= 15 is 0 Å². The Morgan fingerprint density at radius 1 is 1.37 bits per heavy atom. The van der Waals surface area contributed by atoms with Crippen LogP contribution in [-0.4, -0.2) is 46.5 Å². The van der Waals surface area contributed by atoms with E-state index in [1.807, 2.05) is 35.3 Å². The second-order valence-electron chi connectivity index (χ2n) is 7.22. The van der Waals surface area contributed by atoms with E-state index < -0.39 is 17.4 Å². The number of hydrogen-bond donors (Lipinski definition) is 1. The number of likely N-dealkylation sites (tertiary alicyclic amines) is 1. The number of carbonyl (C=O) groups excluding carboxylic acids is 2. The molecule has 2 bridgehead atoms. The van der Waals surface area contributed by atoms with Gasteiger partial charge in [-0.2, -0.15) is 0 Å². The summed E-state index contributed by atoms with van der Waals surface area (Å²) in [6, 6.07) is 10.1. The van der Waals surface area contributed by atoms with Gasteiger partial charge in [0, 0.05) is 18.1 Å². The fraction of sp³-hybridized carbons (Fsp3) is 0.350. The van der Waals surface area contributed by atoms with E-state index in [4.69, 9.17) is 4.74 Å². The first-order valence-corrected chi connectivity index (χ1v) is 9.94. The number of rotatable bonds is 5. The summed E-state index contributed by atoms with van der Waals surface area (Å²) < 4.78 is 6.14. The molecule has 0 aliphatic carbocycles. The molecule has 4 heterocycles. The molecule has 1 spiro atoms. The van der Waals surface area contributed by atoms with Crippen LogP contribution in [0, 0.1) is 11.8 Å². The lowest BCUT2D eigenvalue weighted by Crippen LogP contribution is -2.41. The van der Waals surface area contributed by atoms with E-state index in [2.05, 4.69) is 22.4 Å². The highest BCUT2D eigenvalue weighted by atomic mass is 32.1. The van der Waals surface area contributed by atoms with E-state index in [1.165, 1.54) is 16.9 Å². The number of amides is 2. The number of thiazole rings is 1. The lowest BCUT2D eigenvalue weighted by atomic mass is 9.77. The molecule has 0 saturated carbocycles. The summed E-state index contributed by atoms with van der Waals surface area (Å²) in [5.41, 5.74) is 0.530. The summed E-state index contributed by atoms with van der Waals surface area (Å²) in [7, 11) is 0. The van der Waals surface area contributed by atoms with Gasteiger partial charge in [0.2, 0.25) is 11.8 Å². The number of aromatic nitrogens is 1. The van der Waals surface area contributed by atoms with Crippen LogP contribution in [0.3, 0.4) is 0 Å². The first-order chi connectivity index (χ1) is 13.2. The Kier molecular flexibility index (Phi) is 3.87. The van der Waals surface area contributed by atoms with E-state index in [9.17, 15) is 9.59 Å². The number of hydrogen-bond acceptors (Lipinski definition) is 5. The van der Waals surface area contributed by atoms with Gasteiger partial charge in [-0.1, -0.05) is 42.5 Å². The number of ether oxygens (including phenoxy) is 1. The lowest BCUT2D eigenvalue weighted by molar-refractivity contribution is -0.135. The molecule has 138 valence electrons. The molecule has 5 rings (SSSR count). The normalized spacial score (nSPS) is 30.7. The molecule has 3 unspecified atom stereocenters. The zero-order valence-electron chi connectivity index (χ0n) is 14.6. The highest BCUT2D eigenvalue weighted by Gasteiger charge is 2.66. The maximum Gasteiger partial charge on any atom is 0.233 e. The first-order valence-electron chi connectivity index (χ1n) is 9.06. The predicted molar refractivity (Wildman–Crippen MR) is 101 cm³/mol. The van der Waals surface area contributed by atoms with Crippen LogP contribution in [0.4, 0.5) is 5.13 Å². The average molecular weight is 381 g/mol. The van der Waals surface area contributed by atoms with Gasteiger partial charge in [0.25, 0.3) is 0 Å². The summed E-state index contributed by atoms with van der Waals surface area (Å²) >= 11 is 1.36. The molecule has 1 aromatic carbocycles. The van der Waals surface area contributed by atoms with Crippen LogP contribution in [-0.2, 0) is 20.7 Å². The Hall–Kier alpha value is -2.51. The van der Waals surface area contributed by atoms with Gasteiger partial charge in [-0.25, -0.2) is 4.98 Å². The minimum atomic E-state index is -0.663. The summed E-state index contributed by atoms with van der Waals surface area (Å²) in [6.07, 6.45) is 6.01. The minimum Gasteiger partial charge on any atom is -0.360 e. The molecule has 4 atom stereocenters. The Morgan fingerprint density at radius 3 is 3.00 bits per heavy atom. The summed E-state index contributed by atoms with van der Waals surface area (Å²) in [5, 5.41) is 5.19. The van der Waals surface area contributed by atoms with Crippen molar-refractivity contribution in [3.05, 3.63) is 59.6 Å². The Morgan fingerprint density at radius 2 is 2.22 bits per heavy atom. The van der Waals surface area contributed by atoms with Crippen molar-refractivity contribution in [2.45, 2.75) is 18.1 Å². The molecule has 2 amide bonds. The summed E-state index contributed by atoms with van der Waals surface area (Å²) in [5.74, 6) is -1.14. The smallest absolute Gasteiger partial charge is 0.233 e. The van der Waals surface area contributed by atoms with Crippen molar-refractivity contribution in [1.29, 1.82) is 0 Å². The van der Waals surface area contributed by atoms with Gasteiger partial charge >= 0.3 is 0 Å². The second-order valence-corrected chi connectivity index (χ2v) is 8.12. The van der Waals surface area contributed by atoms with Crippen LogP contribution in [0.15, 0.2) is 54.1 Å². The Bertz CT molecular complexity index is 898. The minimum absolute atomic E-state index is 0.0112. The SMILES string of the molecule is O=C(Nc1nccs1)C1C2C=C[C@]3(CN(CCc4ccccc4)C(=O)C13)O2. The molecule has 3 aliphatic heterocycles. The van der Waals surface area contributed by atoms with Crippen LogP contribution >= 0.6 is 11.3 Å². The highest BCUT2D eigenvalue weighted by molar-refractivity contribution is 7.13. The number of nitrogens with zero attached hydrogens (tertiary/aromatic N) is 2. The van der Waals surface area contributed by atoms with Gasteiger partial charge in [-0.05, 0) is 12.0 Å². The topological polar surface area (TPSA) is 71.5 Å². The number of nitrogens with one attached hydrogen (secondary N) is 1. The zero-order valence-corrected chi connectivity index (χ0v) is 15.4. The first kappa shape index (κ1) is 16.6. The number of fused-ring (bicyclic) bond motifs is 1. The Balaban J connectivity index is 1.33. The molecule has 2 saturated heterocycles. The monoisotopic (exact) mass is 381 g/mol. The van der Waals surface area contributed by atoms with Crippen molar-refractivity contribution < 1.29 is 14.3 Å². The third-order valence-electron chi connectivity index (χ3n) is 5.66. The van der Waals surface area contributed by atoms with Gasteiger partial charge in [-0.3, -0.25) is 9.59 Å². The van der Waals surface area contributed by atoms with Crippen LogP contribution < -0.4 is 5.32 Å². The molecule has 1 N–H and O–H groups in total. The van der Waals surface area contributed by atoms with Crippen molar-refractivity contribution in [2.75, 3.05) is 18.4 Å². The molecule has 2 aromatic rings. The van der Waals surface area contributed by atoms with Crippen molar-refractivity contribution in [3.63, 3.8) is 0 Å². The molecule has 7 heteroatoms. The largest absolute Gasteiger partial charge is 0.360 e. The van der Waals surface area contributed by atoms with Crippen molar-refractivity contribution >= 4 is 28.3 Å². The molecule has 6 nitrogen and oxygen atoms in total. The van der Waals surface area contributed by atoms with E-state index in [0.29, 0.717) is 18.2 Å². The quantitative estimate of drug-likeness (QED) is 0.806. The third kappa shape index (κ3) is 2.69. The van der Waals surface area contributed by atoms with Crippen LogP contribution in [0.25, 0.3) is 0 Å². The number of anilines is 1. The second kappa shape index (κ2) is 6.28. The van der Waals surface area contributed by atoms with E-state index in [0.717, 1.165) is 6.42 Å². The number of benzene rings is 1. The molecular formula is C20H19N3O3S. The zero-order chi connectivity index (χ0) is 18.4. The van der Waals surface area contributed by atoms with Gasteiger partial charge in [-0.15, -0.1) is 11.3 Å². The van der Waals surface area contributed by atoms with Crippen molar-refractivity contribution in [2.24, 2.45) is 11.8 Å². The van der Waals surface area contributed by atoms with Crippen LogP contribution in [0.1, 0.15) is 5.56 Å². The van der Waals surface area contributed by atoms with Crippen molar-refractivity contribution in [1.82, 2.24) is 9.88 Å². The van der Waals surface area contributed by atoms with Gasteiger partial charge in [0.1, 0.15) is 5.60 Å². The molecule has 3 aliphatic rings. The van der Waals surface area contributed by atoms with E-state index in [1.54, 1.807) is 11.6 Å². The van der Waals surface area contributed by atoms with Crippen molar-refractivity contribution in [3.8, 4) is 0 Å². The molecule has 2 fully saturated rings. The van der Waals surface area contributed by atoms with Gasteiger partial charge in [0.15, 0.2) is 5.13 Å². The molecule has 27 heavy (non-hydrogen) atoms. The summed E-state index contributed by atoms with van der Waals surface area (Å²) in [4.78, 5) is 31.9. The lowest BCUT2D eigenvalue weighted by Gasteiger charge is -2.23. The van der Waals surface area contributed by atoms with Gasteiger partial charge in [0.05, 0.1) is 24.5 Å². The Labute approximate surface area is 160 Å². The summed E-state index contributed by atoms with van der Waals surface area (Å²) in [6.45, 7) is 1.14. The van der Waals surface area contributed by atoms with E-state index in [-0.39, 0.29) is 17.9 Å². The fourth-order valence-electron chi connectivity index (χ4n) is 4.45. The standard InChI is InChI=1S/C20H19N3O3S/c24-17(22-19-21-9-11-27-19)15-14-6-8-20(26-14)12-23(18(25)16(15)20)10-7-13-4-2-1-3-5-13/h1-6,8-9,11,14-16H,7,10,12H2,(H,21,22,24)/t14?,15?,16?,20-/m1/s1. The predicted octanol–water partition coefficient (Wildman–Crippen LogP) is 2.11. The maximum absolute atomic E-state index is 13.1. The highest BCUT2D eigenvalue weighted by Crippen LogP contribution is 2.52. The third-order valence-corrected chi connectivity index (χ3v) is 6.35. The molecule has 1 aromatic heterocycles. The van der Waals surface area contributed by atoms with Crippen LogP contribution in [0.5, 0.6) is 0 Å². The average Bonchev–Trinajstić information content (AvgIpc) is 3.44. The van der Waals surface area contributed by atoms with Crippen LogP contribution in [0.2, 0.25) is 0 Å². The maximum atomic E-state index is 13.1. The van der Waals surface area contributed by atoms with Gasteiger partial charge < -0.3 is 15.0 Å². The number of carbonyl (C=O) groups is 2.